The lowest BCUT2D eigenvalue weighted by Gasteiger charge is -2.37. The first kappa shape index (κ1) is 11.4. The first-order chi connectivity index (χ1) is 8.75. The minimum absolute atomic E-state index is 0.0126. The molecule has 0 aromatic carbocycles. The number of fused-ring (bicyclic) bond motifs is 1. The van der Waals surface area contributed by atoms with E-state index >= 15 is 0 Å². The van der Waals surface area contributed by atoms with Crippen molar-refractivity contribution in [3.05, 3.63) is 18.0 Å². The Morgan fingerprint density at radius 3 is 3.00 bits per heavy atom. The molecule has 3 N–H and O–H groups in total. The van der Waals surface area contributed by atoms with Crippen molar-refractivity contribution in [2.24, 2.45) is 11.7 Å². The van der Waals surface area contributed by atoms with Gasteiger partial charge >= 0.3 is 0 Å². The molecular weight excluding hydrogens is 226 g/mol. The van der Waals surface area contributed by atoms with E-state index in [9.17, 15) is 0 Å². The summed E-state index contributed by atoms with van der Waals surface area (Å²) in [5, 5.41) is 7.46. The van der Waals surface area contributed by atoms with Crippen molar-refractivity contribution in [2.45, 2.75) is 38.1 Å². The van der Waals surface area contributed by atoms with Crippen molar-refractivity contribution in [3.8, 4) is 0 Å². The second-order valence-corrected chi connectivity index (χ2v) is 5.25. The quantitative estimate of drug-likeness (QED) is 0.611. The topological polar surface area (TPSA) is 78.9 Å². The van der Waals surface area contributed by atoms with Gasteiger partial charge < -0.3 is 10.6 Å². The summed E-state index contributed by atoms with van der Waals surface area (Å²) >= 11 is 0. The van der Waals surface area contributed by atoms with Crippen molar-refractivity contribution in [1.82, 2.24) is 9.97 Å². The molecule has 1 aromatic heterocycles. The van der Waals surface area contributed by atoms with Crippen molar-refractivity contribution in [3.63, 3.8) is 0 Å². The highest BCUT2D eigenvalue weighted by molar-refractivity contribution is 5.93. The number of nitrogens with zero attached hydrogens (tertiary/aromatic N) is 3. The van der Waals surface area contributed by atoms with Crippen LogP contribution in [0.1, 0.15) is 37.8 Å². The normalized spacial score (nSPS) is 27.0. The number of nitrogen functional groups attached to an aromatic ring is 1. The van der Waals surface area contributed by atoms with Gasteiger partial charge in [0.1, 0.15) is 11.5 Å². The average Bonchev–Trinajstić information content (AvgIpc) is 2.87. The Hall–Kier alpha value is -1.65. The summed E-state index contributed by atoms with van der Waals surface area (Å²) in [4.78, 5) is 11.1. The molecule has 2 unspecified atom stereocenters. The van der Waals surface area contributed by atoms with Gasteiger partial charge in [0.15, 0.2) is 0 Å². The van der Waals surface area contributed by atoms with E-state index in [4.69, 9.17) is 11.1 Å². The zero-order valence-corrected chi connectivity index (χ0v) is 10.5. The van der Waals surface area contributed by atoms with Crippen LogP contribution in [0.2, 0.25) is 0 Å². The van der Waals surface area contributed by atoms with E-state index in [0.717, 1.165) is 18.4 Å². The summed E-state index contributed by atoms with van der Waals surface area (Å²) in [5.74, 6) is 1.57. The minimum Gasteiger partial charge on any atom is -0.382 e. The number of hydrogen-bond donors (Lipinski definition) is 2. The SMILES string of the molecule is N=C(N)c1ccnc(N2CCCC3CCCC32)n1. The highest BCUT2D eigenvalue weighted by Crippen LogP contribution is 2.37. The largest absolute Gasteiger partial charge is 0.382 e. The summed E-state index contributed by atoms with van der Waals surface area (Å²) in [6, 6.07) is 2.29. The van der Waals surface area contributed by atoms with Crippen LogP contribution in [0, 0.1) is 11.3 Å². The van der Waals surface area contributed by atoms with Gasteiger partial charge in [0.2, 0.25) is 5.95 Å². The molecule has 5 nitrogen and oxygen atoms in total. The van der Waals surface area contributed by atoms with Crippen LogP contribution in [-0.2, 0) is 0 Å². The molecule has 96 valence electrons. The van der Waals surface area contributed by atoms with Crippen molar-refractivity contribution in [1.29, 1.82) is 5.41 Å². The Labute approximate surface area is 107 Å². The van der Waals surface area contributed by atoms with Crippen molar-refractivity contribution in [2.75, 3.05) is 11.4 Å². The number of nitrogens with two attached hydrogens (primary N) is 1. The van der Waals surface area contributed by atoms with Crippen LogP contribution in [0.5, 0.6) is 0 Å². The van der Waals surface area contributed by atoms with Gasteiger partial charge in [-0.3, -0.25) is 5.41 Å². The zero-order chi connectivity index (χ0) is 12.5. The molecule has 0 spiro atoms. The second-order valence-electron chi connectivity index (χ2n) is 5.25. The van der Waals surface area contributed by atoms with E-state index < -0.39 is 0 Å². The molecule has 2 atom stereocenters. The molecule has 0 radical (unpaired) electrons. The molecule has 0 amide bonds. The smallest absolute Gasteiger partial charge is 0.226 e. The highest BCUT2D eigenvalue weighted by atomic mass is 15.3. The van der Waals surface area contributed by atoms with Crippen LogP contribution in [0.3, 0.4) is 0 Å². The van der Waals surface area contributed by atoms with Crippen molar-refractivity contribution < 1.29 is 0 Å². The molecule has 2 aliphatic rings. The van der Waals surface area contributed by atoms with Gasteiger partial charge in [0.05, 0.1) is 0 Å². The Morgan fingerprint density at radius 1 is 1.33 bits per heavy atom. The molecule has 18 heavy (non-hydrogen) atoms. The molecule has 2 fully saturated rings. The number of hydrogen-bond acceptors (Lipinski definition) is 4. The lowest BCUT2D eigenvalue weighted by atomic mass is 9.92. The van der Waals surface area contributed by atoms with Crippen molar-refractivity contribution >= 4 is 11.8 Å². The molecular formula is C13H19N5. The summed E-state index contributed by atoms with van der Waals surface area (Å²) in [5.41, 5.74) is 6.02. The molecule has 5 heteroatoms. The van der Waals surface area contributed by atoms with E-state index in [0.29, 0.717) is 11.7 Å². The lowest BCUT2D eigenvalue weighted by molar-refractivity contribution is 0.358. The van der Waals surface area contributed by atoms with Crippen LogP contribution in [-0.4, -0.2) is 28.4 Å². The Bertz CT molecular complexity index is 458. The third kappa shape index (κ3) is 1.94. The van der Waals surface area contributed by atoms with Crippen LogP contribution < -0.4 is 10.6 Å². The van der Waals surface area contributed by atoms with E-state index in [-0.39, 0.29) is 5.84 Å². The Balaban J connectivity index is 1.89. The zero-order valence-electron chi connectivity index (χ0n) is 10.5. The highest BCUT2D eigenvalue weighted by Gasteiger charge is 2.36. The van der Waals surface area contributed by atoms with E-state index in [1.54, 1.807) is 12.3 Å². The number of anilines is 1. The molecule has 1 saturated heterocycles. The molecule has 1 saturated carbocycles. The summed E-state index contributed by atoms with van der Waals surface area (Å²) in [6.45, 7) is 1.03. The first-order valence-corrected chi connectivity index (χ1v) is 6.70. The maximum absolute atomic E-state index is 7.46. The van der Waals surface area contributed by atoms with Gasteiger partial charge in [-0.05, 0) is 37.7 Å². The van der Waals surface area contributed by atoms with Crippen LogP contribution in [0.15, 0.2) is 12.3 Å². The van der Waals surface area contributed by atoms with Gasteiger partial charge in [0, 0.05) is 18.8 Å². The third-order valence-electron chi connectivity index (χ3n) is 4.17. The average molecular weight is 245 g/mol. The molecule has 1 aromatic rings. The predicted molar refractivity (Wildman–Crippen MR) is 70.8 cm³/mol. The Kier molecular flexibility index (Phi) is 2.89. The van der Waals surface area contributed by atoms with E-state index in [1.807, 2.05) is 0 Å². The number of aromatic nitrogens is 2. The Morgan fingerprint density at radius 2 is 2.17 bits per heavy atom. The monoisotopic (exact) mass is 245 g/mol. The minimum atomic E-state index is 0.0126. The maximum Gasteiger partial charge on any atom is 0.226 e. The maximum atomic E-state index is 7.46. The summed E-state index contributed by atoms with van der Waals surface area (Å²) in [7, 11) is 0. The number of nitrogens with one attached hydrogen (secondary N) is 1. The fraction of sp³-hybridized carbons (Fsp3) is 0.615. The fourth-order valence-corrected chi connectivity index (χ4v) is 3.34. The predicted octanol–water partition coefficient (Wildman–Crippen LogP) is 1.53. The van der Waals surface area contributed by atoms with E-state index in [2.05, 4.69) is 14.9 Å². The molecule has 1 aliphatic heterocycles. The van der Waals surface area contributed by atoms with Gasteiger partial charge in [-0.1, -0.05) is 6.42 Å². The second kappa shape index (κ2) is 4.55. The lowest BCUT2D eigenvalue weighted by Crippen LogP contribution is -2.43. The molecule has 3 rings (SSSR count). The number of rotatable bonds is 2. The van der Waals surface area contributed by atoms with E-state index in [1.165, 1.54) is 32.1 Å². The van der Waals surface area contributed by atoms with Gasteiger partial charge in [-0.2, -0.15) is 0 Å². The summed E-state index contributed by atoms with van der Waals surface area (Å²) in [6.07, 6.45) is 8.17. The van der Waals surface area contributed by atoms with Gasteiger partial charge in [-0.15, -0.1) is 0 Å². The molecule has 2 heterocycles. The van der Waals surface area contributed by atoms with Crippen LogP contribution >= 0.6 is 0 Å². The molecule has 0 bridgehead atoms. The van der Waals surface area contributed by atoms with Crippen LogP contribution in [0.25, 0.3) is 0 Å². The standard InChI is InChI=1S/C13H19N5/c14-12(15)10-6-7-16-13(17-10)18-8-2-4-9-3-1-5-11(9)18/h6-7,9,11H,1-5,8H2,(H3,14,15). The first-order valence-electron chi connectivity index (χ1n) is 6.70. The third-order valence-corrected chi connectivity index (χ3v) is 4.17. The molecule has 1 aliphatic carbocycles. The number of amidine groups is 1. The summed E-state index contributed by atoms with van der Waals surface area (Å²) < 4.78 is 0. The van der Waals surface area contributed by atoms with Gasteiger partial charge in [0.25, 0.3) is 0 Å². The van der Waals surface area contributed by atoms with Crippen LogP contribution in [0.4, 0.5) is 5.95 Å². The number of piperidine rings is 1. The van der Waals surface area contributed by atoms with Gasteiger partial charge in [-0.25, -0.2) is 9.97 Å². The fourth-order valence-electron chi connectivity index (χ4n) is 3.34.